The monoisotopic (exact) mass is 288 g/mol. The highest BCUT2D eigenvalue weighted by Crippen LogP contribution is 2.50. The normalized spacial score (nSPS) is 31.2. The molecule has 7 heteroatoms. The molecule has 110 valence electrons. The summed E-state index contributed by atoms with van der Waals surface area (Å²) < 4.78 is 74.9. The molecule has 1 nitrogen and oxygen atoms in total. The highest BCUT2D eigenvalue weighted by molar-refractivity contribution is 5.10. The second-order valence-corrected chi connectivity index (χ2v) is 5.43. The van der Waals surface area contributed by atoms with E-state index in [0.717, 1.165) is 6.42 Å². The Balaban J connectivity index is 2.04. The summed E-state index contributed by atoms with van der Waals surface area (Å²) in [7, 11) is 0. The van der Waals surface area contributed by atoms with E-state index in [2.05, 4.69) is 0 Å². The number of hydrogen-bond acceptors (Lipinski definition) is 1. The quantitative estimate of drug-likeness (QED) is 0.618. The van der Waals surface area contributed by atoms with Gasteiger partial charge in [0, 0.05) is 0 Å². The molecule has 0 aliphatic heterocycles. The van der Waals surface area contributed by atoms with Gasteiger partial charge in [-0.3, -0.25) is 0 Å². The third-order valence-corrected chi connectivity index (χ3v) is 4.23. The van der Waals surface area contributed by atoms with E-state index in [-0.39, 0.29) is 24.2 Å². The number of halogens is 6. The van der Waals surface area contributed by atoms with Crippen molar-refractivity contribution in [1.82, 2.24) is 0 Å². The van der Waals surface area contributed by atoms with E-state index >= 15 is 0 Å². The number of fused-ring (bicyclic) bond motifs is 2. The van der Waals surface area contributed by atoms with Gasteiger partial charge >= 0.3 is 12.4 Å². The first-order valence-electron chi connectivity index (χ1n) is 6.09. The highest BCUT2D eigenvalue weighted by atomic mass is 19.4. The molecule has 0 amide bonds. The van der Waals surface area contributed by atoms with Crippen molar-refractivity contribution >= 4 is 0 Å². The number of allylic oxidation sites excluding steroid dienone is 2. The Bertz CT molecular complexity index is 355. The van der Waals surface area contributed by atoms with Crippen molar-refractivity contribution in [2.24, 2.45) is 17.8 Å². The van der Waals surface area contributed by atoms with E-state index in [4.69, 9.17) is 5.11 Å². The van der Waals surface area contributed by atoms with Gasteiger partial charge < -0.3 is 5.11 Å². The maximum absolute atomic E-state index is 12.5. The largest absolute Gasteiger partial charge is 0.426 e. The molecule has 0 spiro atoms. The van der Waals surface area contributed by atoms with Crippen LogP contribution in [-0.2, 0) is 0 Å². The van der Waals surface area contributed by atoms with Gasteiger partial charge in [-0.2, -0.15) is 26.3 Å². The van der Waals surface area contributed by atoms with Gasteiger partial charge in [0.1, 0.15) is 0 Å². The molecule has 2 aliphatic rings. The summed E-state index contributed by atoms with van der Waals surface area (Å²) in [6.45, 7) is 0. The summed E-state index contributed by atoms with van der Waals surface area (Å²) in [6.07, 6.45) is -7.73. The van der Waals surface area contributed by atoms with E-state index in [9.17, 15) is 26.3 Å². The van der Waals surface area contributed by atoms with Crippen LogP contribution in [0.5, 0.6) is 0 Å². The molecule has 0 radical (unpaired) electrons. The van der Waals surface area contributed by atoms with Gasteiger partial charge in [0.25, 0.3) is 5.60 Å². The Morgan fingerprint density at radius 2 is 1.53 bits per heavy atom. The Kier molecular flexibility index (Phi) is 3.40. The minimum atomic E-state index is -5.70. The minimum Gasteiger partial charge on any atom is -0.374 e. The molecule has 1 N–H and O–H groups in total. The second kappa shape index (κ2) is 4.40. The molecule has 2 aliphatic carbocycles. The Morgan fingerprint density at radius 3 is 1.89 bits per heavy atom. The van der Waals surface area contributed by atoms with Crippen LogP contribution < -0.4 is 0 Å². The van der Waals surface area contributed by atoms with Crippen molar-refractivity contribution in [2.45, 2.75) is 43.6 Å². The second-order valence-electron chi connectivity index (χ2n) is 5.43. The third-order valence-electron chi connectivity index (χ3n) is 4.23. The van der Waals surface area contributed by atoms with E-state index in [0.29, 0.717) is 6.42 Å². The lowest BCUT2D eigenvalue weighted by molar-refractivity contribution is -0.370. The predicted octanol–water partition coefficient (Wildman–Crippen LogP) is 3.83. The summed E-state index contributed by atoms with van der Waals surface area (Å²) >= 11 is 0. The zero-order chi connectivity index (χ0) is 14.5. The zero-order valence-corrected chi connectivity index (χ0v) is 9.93. The van der Waals surface area contributed by atoms with Gasteiger partial charge in [0.15, 0.2) is 0 Å². The number of alkyl halides is 6. The minimum absolute atomic E-state index is 0.0655. The SMILES string of the molecule is OC(CCC1CC2C=C[C@@H]1C2)(C(F)(F)F)C(F)(F)F. The number of hydrogen-bond donors (Lipinski definition) is 1. The molecule has 3 atom stereocenters. The molecule has 0 saturated heterocycles. The standard InChI is InChI=1S/C12H14F6O/c13-11(14,15)10(19,12(16,17)18)4-3-9-6-7-1-2-8(9)5-7/h1-2,7-9,19H,3-6H2/t7?,8-,9?/m1/s1. The first-order valence-corrected chi connectivity index (χ1v) is 6.09. The maximum Gasteiger partial charge on any atom is 0.426 e. The first kappa shape index (κ1) is 14.7. The topological polar surface area (TPSA) is 20.2 Å². The van der Waals surface area contributed by atoms with E-state index in [1.807, 2.05) is 12.2 Å². The average Bonchev–Trinajstić information content (AvgIpc) is 2.83. The summed E-state index contributed by atoms with van der Waals surface area (Å²) in [5, 5.41) is 9.05. The van der Waals surface area contributed by atoms with Crippen molar-refractivity contribution in [3.63, 3.8) is 0 Å². The summed E-state index contributed by atoms with van der Waals surface area (Å²) in [5.41, 5.74) is -4.59. The molecule has 1 fully saturated rings. The van der Waals surface area contributed by atoms with E-state index < -0.39 is 24.4 Å². The fraction of sp³-hybridized carbons (Fsp3) is 0.833. The lowest BCUT2D eigenvalue weighted by Crippen LogP contribution is -2.56. The van der Waals surface area contributed by atoms with Crippen molar-refractivity contribution < 1.29 is 31.4 Å². The smallest absolute Gasteiger partial charge is 0.374 e. The first-order chi connectivity index (χ1) is 8.54. The van der Waals surface area contributed by atoms with E-state index in [1.165, 1.54) is 0 Å². The lowest BCUT2D eigenvalue weighted by Gasteiger charge is -2.33. The third kappa shape index (κ3) is 2.49. The van der Waals surface area contributed by atoms with Crippen LogP contribution in [0.2, 0.25) is 0 Å². The lowest BCUT2D eigenvalue weighted by atomic mass is 9.84. The van der Waals surface area contributed by atoms with Crippen LogP contribution in [0.15, 0.2) is 12.2 Å². The van der Waals surface area contributed by atoms with Crippen LogP contribution in [0.1, 0.15) is 25.7 Å². The molecule has 19 heavy (non-hydrogen) atoms. The molecule has 2 unspecified atom stereocenters. The van der Waals surface area contributed by atoms with Crippen LogP contribution in [0.25, 0.3) is 0 Å². The van der Waals surface area contributed by atoms with Gasteiger partial charge in [-0.25, -0.2) is 0 Å². The number of rotatable bonds is 3. The van der Waals surface area contributed by atoms with Crippen LogP contribution >= 0.6 is 0 Å². The zero-order valence-electron chi connectivity index (χ0n) is 9.93. The van der Waals surface area contributed by atoms with Gasteiger partial charge in [-0.1, -0.05) is 12.2 Å². The fourth-order valence-electron chi connectivity index (χ4n) is 3.07. The Morgan fingerprint density at radius 1 is 0.947 bits per heavy atom. The Labute approximate surface area is 106 Å². The molecular formula is C12H14F6O. The Hall–Kier alpha value is -0.720. The van der Waals surface area contributed by atoms with Crippen LogP contribution in [0, 0.1) is 17.8 Å². The molecule has 0 aromatic heterocycles. The van der Waals surface area contributed by atoms with Gasteiger partial charge in [-0.05, 0) is 43.4 Å². The van der Waals surface area contributed by atoms with Gasteiger partial charge in [0.2, 0.25) is 0 Å². The van der Waals surface area contributed by atoms with Crippen LogP contribution in [0.3, 0.4) is 0 Å². The molecular weight excluding hydrogens is 274 g/mol. The molecule has 2 rings (SSSR count). The summed E-state index contributed by atoms with van der Waals surface area (Å²) in [5.74, 6) is 0.154. The van der Waals surface area contributed by atoms with Crippen molar-refractivity contribution in [1.29, 1.82) is 0 Å². The molecule has 0 heterocycles. The highest BCUT2D eigenvalue weighted by Gasteiger charge is 2.69. The molecule has 2 bridgehead atoms. The molecule has 0 aromatic rings. The molecule has 0 aromatic carbocycles. The fourth-order valence-corrected chi connectivity index (χ4v) is 3.07. The van der Waals surface area contributed by atoms with Gasteiger partial charge in [-0.15, -0.1) is 0 Å². The van der Waals surface area contributed by atoms with E-state index in [1.54, 1.807) is 0 Å². The van der Waals surface area contributed by atoms with Crippen molar-refractivity contribution in [3.05, 3.63) is 12.2 Å². The van der Waals surface area contributed by atoms with Crippen molar-refractivity contribution in [3.8, 4) is 0 Å². The van der Waals surface area contributed by atoms with Crippen LogP contribution in [0.4, 0.5) is 26.3 Å². The van der Waals surface area contributed by atoms with Crippen LogP contribution in [-0.4, -0.2) is 23.1 Å². The number of aliphatic hydroxyl groups is 1. The predicted molar refractivity (Wildman–Crippen MR) is 55.1 cm³/mol. The summed E-state index contributed by atoms with van der Waals surface area (Å²) in [6, 6.07) is 0. The van der Waals surface area contributed by atoms with Crippen molar-refractivity contribution in [2.75, 3.05) is 0 Å². The van der Waals surface area contributed by atoms with Gasteiger partial charge in [0.05, 0.1) is 0 Å². The maximum atomic E-state index is 12.5. The summed E-state index contributed by atoms with van der Waals surface area (Å²) in [4.78, 5) is 0. The molecule has 1 saturated carbocycles. The average molecular weight is 288 g/mol.